The lowest BCUT2D eigenvalue weighted by Crippen LogP contribution is -2.48. The summed E-state index contributed by atoms with van der Waals surface area (Å²) in [6.07, 6.45) is 8.29. The van der Waals surface area contributed by atoms with Gasteiger partial charge in [0.1, 0.15) is 0 Å². The Morgan fingerprint density at radius 3 is 2.19 bits per heavy atom. The van der Waals surface area contributed by atoms with Crippen molar-refractivity contribution in [1.29, 1.82) is 0 Å². The van der Waals surface area contributed by atoms with Crippen LogP contribution >= 0.6 is 0 Å². The Morgan fingerprint density at radius 1 is 1.12 bits per heavy atom. The van der Waals surface area contributed by atoms with Crippen molar-refractivity contribution in [2.75, 3.05) is 26.2 Å². The van der Waals surface area contributed by atoms with Crippen molar-refractivity contribution in [3.05, 3.63) is 0 Å². The van der Waals surface area contributed by atoms with Gasteiger partial charge in [-0.05, 0) is 62.9 Å². The van der Waals surface area contributed by atoms with Gasteiger partial charge >= 0.3 is 0 Å². The number of hydrogen-bond donors (Lipinski definition) is 1. The van der Waals surface area contributed by atoms with Crippen molar-refractivity contribution in [1.82, 2.24) is 4.90 Å². The van der Waals surface area contributed by atoms with E-state index in [0.29, 0.717) is 12.0 Å². The highest BCUT2D eigenvalue weighted by Gasteiger charge is 2.47. The standard InChI is InChI=1S/C14H25NO/c1-12-8-13(9-12)4-6-15(7-5-13)10-14(11-16)2-3-14/h12,16H,2-11H2,1H3. The number of aliphatic hydroxyl groups excluding tert-OH is 1. The first-order valence-electron chi connectivity index (χ1n) is 6.99. The topological polar surface area (TPSA) is 23.5 Å². The van der Waals surface area contributed by atoms with Crippen LogP contribution < -0.4 is 0 Å². The van der Waals surface area contributed by atoms with Crippen LogP contribution in [0.4, 0.5) is 0 Å². The zero-order chi connectivity index (χ0) is 11.2. The van der Waals surface area contributed by atoms with E-state index >= 15 is 0 Å². The molecule has 1 spiro atoms. The number of nitrogens with zero attached hydrogens (tertiary/aromatic N) is 1. The van der Waals surface area contributed by atoms with Crippen molar-refractivity contribution in [3.63, 3.8) is 0 Å². The summed E-state index contributed by atoms with van der Waals surface area (Å²) < 4.78 is 0. The average molecular weight is 223 g/mol. The second-order valence-corrected chi connectivity index (χ2v) is 6.95. The Bertz CT molecular complexity index is 256. The van der Waals surface area contributed by atoms with E-state index in [2.05, 4.69) is 11.8 Å². The maximum Gasteiger partial charge on any atom is 0.0499 e. The molecular weight excluding hydrogens is 198 g/mol. The van der Waals surface area contributed by atoms with E-state index < -0.39 is 0 Å². The molecule has 0 atom stereocenters. The third kappa shape index (κ3) is 1.91. The van der Waals surface area contributed by atoms with E-state index in [1.807, 2.05) is 0 Å². The highest BCUT2D eigenvalue weighted by Crippen LogP contribution is 2.53. The fourth-order valence-electron chi connectivity index (χ4n) is 4.03. The maximum absolute atomic E-state index is 9.36. The average Bonchev–Trinajstić information content (AvgIpc) is 3.00. The zero-order valence-corrected chi connectivity index (χ0v) is 10.5. The Hall–Kier alpha value is -0.0800. The lowest BCUT2D eigenvalue weighted by Gasteiger charge is -2.52. The fourth-order valence-corrected chi connectivity index (χ4v) is 4.03. The molecule has 1 heterocycles. The highest BCUT2D eigenvalue weighted by molar-refractivity contribution is 4.99. The third-order valence-corrected chi connectivity index (χ3v) is 5.33. The van der Waals surface area contributed by atoms with E-state index in [-0.39, 0.29) is 0 Å². The number of likely N-dealkylation sites (tertiary alicyclic amines) is 1. The predicted octanol–water partition coefficient (Wildman–Crippen LogP) is 2.27. The Kier molecular flexibility index (Phi) is 2.56. The van der Waals surface area contributed by atoms with Gasteiger partial charge in [-0.2, -0.15) is 0 Å². The Labute approximate surface area is 99.0 Å². The van der Waals surface area contributed by atoms with Crippen molar-refractivity contribution >= 4 is 0 Å². The molecule has 92 valence electrons. The molecule has 0 radical (unpaired) electrons. The quantitative estimate of drug-likeness (QED) is 0.793. The molecule has 1 saturated heterocycles. The second-order valence-electron chi connectivity index (χ2n) is 6.95. The van der Waals surface area contributed by atoms with Crippen LogP contribution in [0.15, 0.2) is 0 Å². The molecule has 3 rings (SSSR count). The molecule has 0 amide bonds. The first kappa shape index (κ1) is 11.0. The number of aliphatic hydroxyl groups is 1. The summed E-state index contributed by atoms with van der Waals surface area (Å²) in [5, 5.41) is 9.36. The summed E-state index contributed by atoms with van der Waals surface area (Å²) in [5.41, 5.74) is 1.06. The third-order valence-electron chi connectivity index (χ3n) is 5.33. The van der Waals surface area contributed by atoms with Gasteiger partial charge in [-0.15, -0.1) is 0 Å². The van der Waals surface area contributed by atoms with Crippen molar-refractivity contribution in [3.8, 4) is 0 Å². The molecule has 0 aromatic carbocycles. The van der Waals surface area contributed by atoms with Crippen LogP contribution in [0.1, 0.15) is 45.4 Å². The van der Waals surface area contributed by atoms with E-state index in [1.54, 1.807) is 0 Å². The van der Waals surface area contributed by atoms with Crippen LogP contribution in [-0.2, 0) is 0 Å². The van der Waals surface area contributed by atoms with E-state index in [1.165, 1.54) is 51.6 Å². The lowest BCUT2D eigenvalue weighted by molar-refractivity contribution is -0.0133. The van der Waals surface area contributed by atoms with Gasteiger partial charge in [0.05, 0.1) is 0 Å². The minimum absolute atomic E-state index is 0.317. The van der Waals surface area contributed by atoms with Crippen LogP contribution in [-0.4, -0.2) is 36.2 Å². The van der Waals surface area contributed by atoms with E-state index in [0.717, 1.165) is 17.9 Å². The lowest BCUT2D eigenvalue weighted by atomic mass is 9.58. The van der Waals surface area contributed by atoms with Crippen LogP contribution in [0.25, 0.3) is 0 Å². The van der Waals surface area contributed by atoms with Crippen LogP contribution in [0.5, 0.6) is 0 Å². The molecule has 3 aliphatic rings. The van der Waals surface area contributed by atoms with Gasteiger partial charge in [0.2, 0.25) is 0 Å². The van der Waals surface area contributed by atoms with Gasteiger partial charge < -0.3 is 10.0 Å². The summed E-state index contributed by atoms with van der Waals surface area (Å²) in [4.78, 5) is 2.61. The molecule has 0 bridgehead atoms. The van der Waals surface area contributed by atoms with Crippen molar-refractivity contribution in [2.45, 2.75) is 45.4 Å². The summed E-state index contributed by atoms with van der Waals surface area (Å²) in [6, 6.07) is 0. The van der Waals surface area contributed by atoms with Gasteiger partial charge in [0.25, 0.3) is 0 Å². The van der Waals surface area contributed by atoms with E-state index in [9.17, 15) is 5.11 Å². The van der Waals surface area contributed by atoms with Crippen LogP contribution in [0.2, 0.25) is 0 Å². The molecule has 2 saturated carbocycles. The minimum atomic E-state index is 0.317. The number of piperidine rings is 1. The normalized spacial score (nSPS) is 32.6. The SMILES string of the molecule is CC1CC2(CCN(CC3(CO)CC3)CC2)C1. The molecule has 16 heavy (non-hydrogen) atoms. The van der Waals surface area contributed by atoms with Crippen molar-refractivity contribution in [2.24, 2.45) is 16.7 Å². The predicted molar refractivity (Wildman–Crippen MR) is 65.3 cm³/mol. The maximum atomic E-state index is 9.36. The summed E-state index contributed by atoms with van der Waals surface area (Å²) in [7, 11) is 0. The molecule has 0 aromatic heterocycles. The van der Waals surface area contributed by atoms with Crippen LogP contribution in [0, 0.1) is 16.7 Å². The minimum Gasteiger partial charge on any atom is -0.396 e. The first-order valence-corrected chi connectivity index (χ1v) is 6.99. The summed E-state index contributed by atoms with van der Waals surface area (Å²) in [5.74, 6) is 0.985. The van der Waals surface area contributed by atoms with Crippen molar-refractivity contribution < 1.29 is 5.11 Å². The fraction of sp³-hybridized carbons (Fsp3) is 1.00. The van der Waals surface area contributed by atoms with Gasteiger partial charge in [-0.3, -0.25) is 0 Å². The second kappa shape index (κ2) is 3.71. The van der Waals surface area contributed by atoms with Crippen LogP contribution in [0.3, 0.4) is 0 Å². The smallest absolute Gasteiger partial charge is 0.0499 e. The van der Waals surface area contributed by atoms with Gasteiger partial charge in [0.15, 0.2) is 0 Å². The Morgan fingerprint density at radius 2 is 1.75 bits per heavy atom. The molecule has 1 aliphatic heterocycles. The highest BCUT2D eigenvalue weighted by atomic mass is 16.3. The van der Waals surface area contributed by atoms with Gasteiger partial charge in [0, 0.05) is 18.6 Å². The molecule has 2 aliphatic carbocycles. The largest absolute Gasteiger partial charge is 0.396 e. The molecule has 1 N–H and O–H groups in total. The molecule has 0 unspecified atom stereocenters. The van der Waals surface area contributed by atoms with Gasteiger partial charge in [-0.25, -0.2) is 0 Å². The van der Waals surface area contributed by atoms with Gasteiger partial charge in [-0.1, -0.05) is 6.92 Å². The summed E-state index contributed by atoms with van der Waals surface area (Å²) >= 11 is 0. The monoisotopic (exact) mass is 223 g/mol. The number of hydrogen-bond acceptors (Lipinski definition) is 2. The number of rotatable bonds is 3. The van der Waals surface area contributed by atoms with E-state index in [4.69, 9.17) is 0 Å². The molecule has 2 nitrogen and oxygen atoms in total. The molecular formula is C14H25NO. The molecule has 2 heteroatoms. The molecule has 0 aromatic rings. The molecule has 3 fully saturated rings. The first-order chi connectivity index (χ1) is 7.65. The zero-order valence-electron chi connectivity index (χ0n) is 10.5. The Balaban J connectivity index is 1.48. The summed E-state index contributed by atoms with van der Waals surface area (Å²) in [6.45, 7) is 6.53.